The molecule has 0 saturated heterocycles. The molecule has 7 aromatic rings. The molecule has 0 radical (unpaired) electrons. The summed E-state index contributed by atoms with van der Waals surface area (Å²) in [5.41, 5.74) is 4.37. The third-order valence-corrected chi connectivity index (χ3v) is 8.08. The van der Waals surface area contributed by atoms with Crippen molar-refractivity contribution in [3.05, 3.63) is 135 Å². The number of para-hydroxylation sites is 1. The van der Waals surface area contributed by atoms with Crippen molar-refractivity contribution in [3.63, 3.8) is 0 Å². The molecule has 0 unspecified atom stereocenters. The van der Waals surface area contributed by atoms with Crippen LogP contribution in [0, 0.1) is 11.3 Å². The SMILES string of the molecule is N#C/C(=C\c1cn(-c2ccccc2)nc1-c1ccc(Cl)cc1)c1nc(-c2cc3c(ccc4ccccc43)oc2=O)cs1. The van der Waals surface area contributed by atoms with Crippen molar-refractivity contribution in [2.75, 3.05) is 0 Å². The Kier molecular flexibility index (Phi) is 6.48. The Morgan fingerprint density at radius 2 is 1.74 bits per heavy atom. The molecule has 6 nitrogen and oxygen atoms in total. The summed E-state index contributed by atoms with van der Waals surface area (Å²) in [6.45, 7) is 0. The van der Waals surface area contributed by atoms with Gasteiger partial charge in [-0.2, -0.15) is 10.4 Å². The van der Waals surface area contributed by atoms with Crippen LogP contribution in [0.25, 0.3) is 61.6 Å². The fourth-order valence-corrected chi connectivity index (χ4v) is 5.82. The molecule has 0 aliphatic rings. The molecule has 0 bridgehead atoms. The molecule has 0 aliphatic carbocycles. The normalized spacial score (nSPS) is 11.7. The van der Waals surface area contributed by atoms with Gasteiger partial charge in [0.15, 0.2) is 0 Å². The number of halogens is 1. The minimum Gasteiger partial charge on any atom is -0.422 e. The number of hydrogen-bond donors (Lipinski definition) is 0. The molecule has 0 saturated carbocycles. The summed E-state index contributed by atoms with van der Waals surface area (Å²) in [5, 5.41) is 20.8. The fraction of sp³-hybridized carbons (Fsp3) is 0. The lowest BCUT2D eigenvalue weighted by atomic mass is 10.0. The Morgan fingerprint density at radius 3 is 2.55 bits per heavy atom. The lowest BCUT2D eigenvalue weighted by molar-refractivity contribution is 0.563. The van der Waals surface area contributed by atoms with Gasteiger partial charge in [-0.3, -0.25) is 0 Å². The van der Waals surface area contributed by atoms with Crippen LogP contribution in [0.1, 0.15) is 10.6 Å². The minimum absolute atomic E-state index is 0.345. The van der Waals surface area contributed by atoms with E-state index in [0.29, 0.717) is 38.1 Å². The van der Waals surface area contributed by atoms with E-state index < -0.39 is 5.63 Å². The Hall–Kier alpha value is -5.29. The number of nitriles is 1. The Bertz CT molecular complexity index is 2240. The first-order valence-electron chi connectivity index (χ1n) is 13.0. The van der Waals surface area contributed by atoms with E-state index in [4.69, 9.17) is 26.1 Å². The first kappa shape index (κ1) is 25.7. The molecule has 0 amide bonds. The van der Waals surface area contributed by atoms with E-state index in [-0.39, 0.29) is 0 Å². The van der Waals surface area contributed by atoms with Crippen LogP contribution in [0.15, 0.2) is 118 Å². The van der Waals surface area contributed by atoms with Crippen LogP contribution in [0.4, 0.5) is 0 Å². The molecule has 4 aromatic carbocycles. The molecule has 0 aliphatic heterocycles. The van der Waals surface area contributed by atoms with E-state index in [2.05, 4.69) is 6.07 Å². The number of benzene rings is 4. The van der Waals surface area contributed by atoms with Crippen molar-refractivity contribution < 1.29 is 4.42 Å². The fourth-order valence-electron chi connectivity index (χ4n) is 4.91. The Labute approximate surface area is 249 Å². The summed E-state index contributed by atoms with van der Waals surface area (Å²) < 4.78 is 7.45. The molecular formula is C34H19ClN4O2S. The summed E-state index contributed by atoms with van der Waals surface area (Å²) in [5.74, 6) is 0. The number of rotatable bonds is 5. The zero-order chi connectivity index (χ0) is 28.6. The standard InChI is InChI=1S/C34H19ClN4O2S/c35-25-13-10-22(11-14-25)32-24(19-39(38-32)26-7-2-1-3-8-26)16-23(18-36)33-37-30(20-42-33)29-17-28-27-9-5-4-6-21(27)12-15-31(28)41-34(29)40/h1-17,19-20H/b23-16+. The number of hydrogen-bond acceptors (Lipinski definition) is 6. The summed E-state index contributed by atoms with van der Waals surface area (Å²) >= 11 is 7.43. The number of allylic oxidation sites excluding steroid dienone is 1. The largest absolute Gasteiger partial charge is 0.422 e. The van der Waals surface area contributed by atoms with Gasteiger partial charge in [0.1, 0.15) is 16.7 Å². The van der Waals surface area contributed by atoms with E-state index in [0.717, 1.165) is 33.0 Å². The van der Waals surface area contributed by atoms with Gasteiger partial charge < -0.3 is 4.42 Å². The van der Waals surface area contributed by atoms with Gasteiger partial charge in [0, 0.05) is 33.1 Å². The lowest BCUT2D eigenvalue weighted by Crippen LogP contribution is -2.03. The lowest BCUT2D eigenvalue weighted by Gasteiger charge is -2.04. The van der Waals surface area contributed by atoms with Crippen LogP contribution in [0.5, 0.6) is 0 Å². The summed E-state index contributed by atoms with van der Waals surface area (Å²) in [7, 11) is 0. The van der Waals surface area contributed by atoms with Crippen molar-refractivity contribution in [2.24, 2.45) is 0 Å². The highest BCUT2D eigenvalue weighted by Crippen LogP contribution is 2.32. The van der Waals surface area contributed by atoms with Crippen LogP contribution >= 0.6 is 22.9 Å². The van der Waals surface area contributed by atoms with Crippen molar-refractivity contribution in [1.29, 1.82) is 5.26 Å². The van der Waals surface area contributed by atoms with Gasteiger partial charge in [-0.1, -0.05) is 72.3 Å². The maximum atomic E-state index is 13.0. The number of fused-ring (bicyclic) bond motifs is 3. The predicted octanol–water partition coefficient (Wildman–Crippen LogP) is 8.64. The first-order chi connectivity index (χ1) is 20.6. The van der Waals surface area contributed by atoms with Crippen molar-refractivity contribution >= 4 is 56.3 Å². The van der Waals surface area contributed by atoms with Crippen molar-refractivity contribution in [2.45, 2.75) is 0 Å². The van der Waals surface area contributed by atoms with Crippen molar-refractivity contribution in [3.8, 4) is 34.3 Å². The summed E-state index contributed by atoms with van der Waals surface area (Å²) in [4.78, 5) is 17.7. The second kappa shape index (κ2) is 10.6. The summed E-state index contributed by atoms with van der Waals surface area (Å²) in [6, 6.07) is 32.9. The first-order valence-corrected chi connectivity index (χ1v) is 14.3. The molecule has 7 rings (SSSR count). The minimum atomic E-state index is -0.480. The molecule has 200 valence electrons. The Balaban J connectivity index is 1.32. The van der Waals surface area contributed by atoms with Crippen molar-refractivity contribution in [1.82, 2.24) is 14.8 Å². The molecule has 8 heteroatoms. The molecule has 3 aromatic heterocycles. The third kappa shape index (κ3) is 4.69. The van der Waals surface area contributed by atoms with Gasteiger partial charge in [-0.25, -0.2) is 14.5 Å². The van der Waals surface area contributed by atoms with Gasteiger partial charge in [-0.15, -0.1) is 11.3 Å². The van der Waals surface area contributed by atoms with Crippen LogP contribution in [-0.4, -0.2) is 14.8 Å². The smallest absolute Gasteiger partial charge is 0.345 e. The zero-order valence-electron chi connectivity index (χ0n) is 21.9. The van der Waals surface area contributed by atoms with Crippen LogP contribution in [0.2, 0.25) is 5.02 Å². The maximum Gasteiger partial charge on any atom is 0.345 e. The Morgan fingerprint density at radius 1 is 0.952 bits per heavy atom. The average Bonchev–Trinajstić information content (AvgIpc) is 3.68. The number of aromatic nitrogens is 3. The van der Waals surface area contributed by atoms with Crippen LogP contribution in [0.3, 0.4) is 0 Å². The molecule has 0 spiro atoms. The van der Waals surface area contributed by atoms with E-state index in [9.17, 15) is 10.1 Å². The zero-order valence-corrected chi connectivity index (χ0v) is 23.4. The van der Waals surface area contributed by atoms with Gasteiger partial charge in [0.05, 0.1) is 28.2 Å². The second-order valence-corrected chi connectivity index (χ2v) is 10.9. The molecule has 42 heavy (non-hydrogen) atoms. The van der Waals surface area contributed by atoms with Gasteiger partial charge >= 0.3 is 5.63 Å². The molecule has 0 N–H and O–H groups in total. The van der Waals surface area contributed by atoms with E-state index >= 15 is 0 Å². The molecular weight excluding hydrogens is 564 g/mol. The molecule has 0 atom stereocenters. The highest BCUT2D eigenvalue weighted by atomic mass is 35.5. The quantitative estimate of drug-likeness (QED) is 0.115. The van der Waals surface area contributed by atoms with Gasteiger partial charge in [0.2, 0.25) is 0 Å². The van der Waals surface area contributed by atoms with Gasteiger partial charge in [-0.05, 0) is 53.2 Å². The topological polar surface area (TPSA) is 84.7 Å². The predicted molar refractivity (Wildman–Crippen MR) is 169 cm³/mol. The average molecular weight is 583 g/mol. The van der Waals surface area contributed by atoms with Crippen LogP contribution < -0.4 is 5.63 Å². The van der Waals surface area contributed by atoms with Gasteiger partial charge in [0.25, 0.3) is 0 Å². The van der Waals surface area contributed by atoms with E-state index in [1.165, 1.54) is 11.3 Å². The number of nitrogens with zero attached hydrogens (tertiary/aromatic N) is 4. The summed E-state index contributed by atoms with van der Waals surface area (Å²) in [6.07, 6.45) is 3.66. The highest BCUT2D eigenvalue weighted by molar-refractivity contribution is 7.11. The van der Waals surface area contributed by atoms with E-state index in [1.54, 1.807) is 22.2 Å². The highest BCUT2D eigenvalue weighted by Gasteiger charge is 2.17. The maximum absolute atomic E-state index is 13.0. The van der Waals surface area contributed by atoms with Crippen LogP contribution in [-0.2, 0) is 0 Å². The molecule has 0 fully saturated rings. The molecule has 3 heterocycles. The number of thiazole rings is 1. The third-order valence-electron chi connectivity index (χ3n) is 6.95. The monoisotopic (exact) mass is 582 g/mol. The van der Waals surface area contributed by atoms with E-state index in [1.807, 2.05) is 97.2 Å². The second-order valence-electron chi connectivity index (χ2n) is 9.57.